The van der Waals surface area contributed by atoms with Gasteiger partial charge in [-0.1, -0.05) is 30.9 Å². The van der Waals surface area contributed by atoms with E-state index in [0.717, 1.165) is 31.7 Å². The van der Waals surface area contributed by atoms with Gasteiger partial charge < -0.3 is 10.1 Å². The topological polar surface area (TPSA) is 55.4 Å². The molecule has 0 aromatic heterocycles. The van der Waals surface area contributed by atoms with Crippen molar-refractivity contribution in [1.82, 2.24) is 5.32 Å². The second-order valence-electron chi connectivity index (χ2n) is 5.52. The Morgan fingerprint density at radius 2 is 2.00 bits per heavy atom. The highest BCUT2D eigenvalue weighted by atomic mass is 35.5. The Bertz CT molecular complexity index is 558. The van der Waals surface area contributed by atoms with Crippen LogP contribution in [0, 0.1) is 5.82 Å². The molecule has 1 N–H and O–H groups in total. The number of carbonyl (C=O) groups is 2. The van der Waals surface area contributed by atoms with Crippen LogP contribution in [0.5, 0.6) is 0 Å². The first-order valence-electron chi connectivity index (χ1n) is 7.44. The number of amides is 1. The summed E-state index contributed by atoms with van der Waals surface area (Å²) in [5.74, 6) is -1.99. The normalized spacial score (nSPS) is 16.9. The lowest BCUT2D eigenvalue weighted by Gasteiger charge is -2.24. The van der Waals surface area contributed by atoms with E-state index in [4.69, 9.17) is 16.3 Å². The predicted octanol–water partition coefficient (Wildman–Crippen LogP) is 3.47. The second kappa shape index (κ2) is 7.58. The molecule has 4 nitrogen and oxygen atoms in total. The molecule has 1 saturated carbocycles. The molecule has 0 spiro atoms. The minimum atomic E-state index is -0.968. The van der Waals surface area contributed by atoms with Gasteiger partial charge in [-0.05, 0) is 38.0 Å². The maximum absolute atomic E-state index is 13.6. The van der Waals surface area contributed by atoms with Crippen LogP contribution < -0.4 is 5.32 Å². The monoisotopic (exact) mass is 327 g/mol. The number of hydrogen-bond acceptors (Lipinski definition) is 3. The smallest absolute Gasteiger partial charge is 0.341 e. The summed E-state index contributed by atoms with van der Waals surface area (Å²) in [4.78, 5) is 23.9. The van der Waals surface area contributed by atoms with Crippen LogP contribution in [0.2, 0.25) is 5.02 Å². The van der Waals surface area contributed by atoms with Gasteiger partial charge in [-0.2, -0.15) is 0 Å². The fourth-order valence-electron chi connectivity index (χ4n) is 2.50. The van der Waals surface area contributed by atoms with Crippen molar-refractivity contribution in [3.8, 4) is 0 Å². The molecule has 1 amide bonds. The van der Waals surface area contributed by atoms with Gasteiger partial charge in [0.25, 0.3) is 5.91 Å². The first-order chi connectivity index (χ1) is 10.5. The SMILES string of the molecule is C[C@H](OC(=O)c1ccc(Cl)cc1F)C(=O)NC1CCCCC1. The molecule has 6 heteroatoms. The van der Waals surface area contributed by atoms with Crippen molar-refractivity contribution in [1.29, 1.82) is 0 Å². The van der Waals surface area contributed by atoms with Crippen molar-refractivity contribution in [2.75, 3.05) is 0 Å². The fourth-order valence-corrected chi connectivity index (χ4v) is 2.66. The highest BCUT2D eigenvalue weighted by Crippen LogP contribution is 2.18. The Morgan fingerprint density at radius 1 is 1.32 bits per heavy atom. The van der Waals surface area contributed by atoms with E-state index in [9.17, 15) is 14.0 Å². The quantitative estimate of drug-likeness (QED) is 0.861. The van der Waals surface area contributed by atoms with E-state index in [1.54, 1.807) is 0 Å². The molecule has 2 rings (SSSR count). The summed E-state index contributed by atoms with van der Waals surface area (Å²) in [7, 11) is 0. The third-order valence-corrected chi connectivity index (χ3v) is 3.99. The molecule has 1 fully saturated rings. The molecule has 22 heavy (non-hydrogen) atoms. The molecule has 0 heterocycles. The number of halogens is 2. The summed E-state index contributed by atoms with van der Waals surface area (Å²) < 4.78 is 18.7. The van der Waals surface area contributed by atoms with Crippen molar-refractivity contribution >= 4 is 23.5 Å². The molecule has 0 saturated heterocycles. The number of esters is 1. The van der Waals surface area contributed by atoms with Crippen molar-refractivity contribution in [2.24, 2.45) is 0 Å². The maximum Gasteiger partial charge on any atom is 0.341 e. The summed E-state index contributed by atoms with van der Waals surface area (Å²) in [6.07, 6.45) is 4.29. The zero-order chi connectivity index (χ0) is 16.1. The lowest BCUT2D eigenvalue weighted by molar-refractivity contribution is -0.130. The van der Waals surface area contributed by atoms with Crippen LogP contribution in [-0.4, -0.2) is 24.0 Å². The molecular formula is C16H19ClFNO3. The molecule has 120 valence electrons. The van der Waals surface area contributed by atoms with Gasteiger partial charge in [0.15, 0.2) is 6.10 Å². The van der Waals surface area contributed by atoms with Crippen LogP contribution in [0.25, 0.3) is 0 Å². The van der Waals surface area contributed by atoms with E-state index in [1.807, 2.05) is 0 Å². The summed E-state index contributed by atoms with van der Waals surface area (Å²) in [5.41, 5.74) is -0.235. The molecule has 1 aromatic carbocycles. The van der Waals surface area contributed by atoms with Gasteiger partial charge in [0.2, 0.25) is 0 Å². The molecule has 1 atom stereocenters. The molecule has 0 radical (unpaired) electrons. The van der Waals surface area contributed by atoms with Gasteiger partial charge in [-0.25, -0.2) is 9.18 Å². The molecular weight excluding hydrogens is 309 g/mol. The standard InChI is InChI=1S/C16H19ClFNO3/c1-10(15(20)19-12-5-3-2-4-6-12)22-16(21)13-8-7-11(17)9-14(13)18/h7-10,12H,2-6H2,1H3,(H,19,20)/t10-/m0/s1. The zero-order valence-electron chi connectivity index (χ0n) is 12.4. The number of rotatable bonds is 4. The molecule has 0 aliphatic heterocycles. The number of carbonyl (C=O) groups excluding carboxylic acids is 2. The maximum atomic E-state index is 13.6. The van der Waals surface area contributed by atoms with Crippen LogP contribution in [-0.2, 0) is 9.53 Å². The van der Waals surface area contributed by atoms with E-state index in [1.165, 1.54) is 25.5 Å². The second-order valence-corrected chi connectivity index (χ2v) is 5.95. The Balaban J connectivity index is 1.91. The van der Waals surface area contributed by atoms with Crippen LogP contribution in [0.3, 0.4) is 0 Å². The first kappa shape index (κ1) is 16.7. The molecule has 0 unspecified atom stereocenters. The largest absolute Gasteiger partial charge is 0.449 e. The van der Waals surface area contributed by atoms with Gasteiger partial charge in [0.05, 0.1) is 5.56 Å². The minimum absolute atomic E-state index is 0.134. The average Bonchev–Trinajstić information content (AvgIpc) is 2.47. The summed E-state index contributed by atoms with van der Waals surface area (Å²) >= 11 is 5.63. The van der Waals surface area contributed by atoms with E-state index >= 15 is 0 Å². The van der Waals surface area contributed by atoms with Crippen molar-refractivity contribution in [3.05, 3.63) is 34.6 Å². The Morgan fingerprint density at radius 3 is 2.64 bits per heavy atom. The lowest BCUT2D eigenvalue weighted by Crippen LogP contribution is -2.42. The van der Waals surface area contributed by atoms with Crippen LogP contribution >= 0.6 is 11.6 Å². The van der Waals surface area contributed by atoms with E-state index in [2.05, 4.69) is 5.32 Å². The number of nitrogens with one attached hydrogen (secondary N) is 1. The van der Waals surface area contributed by atoms with Gasteiger partial charge >= 0.3 is 5.97 Å². The Kier molecular flexibility index (Phi) is 5.77. The Hall–Kier alpha value is -1.62. The van der Waals surface area contributed by atoms with Crippen LogP contribution in [0.4, 0.5) is 4.39 Å². The first-order valence-corrected chi connectivity index (χ1v) is 7.81. The van der Waals surface area contributed by atoms with E-state index in [-0.39, 0.29) is 22.5 Å². The number of ether oxygens (including phenoxy) is 1. The van der Waals surface area contributed by atoms with E-state index in [0.29, 0.717) is 0 Å². The zero-order valence-corrected chi connectivity index (χ0v) is 13.2. The van der Waals surface area contributed by atoms with Crippen molar-refractivity contribution in [2.45, 2.75) is 51.2 Å². The predicted molar refractivity (Wildman–Crippen MR) is 81.3 cm³/mol. The summed E-state index contributed by atoms with van der Waals surface area (Å²) in [5, 5.41) is 3.06. The molecule has 1 aromatic rings. The summed E-state index contributed by atoms with van der Waals surface area (Å²) in [6, 6.07) is 3.81. The highest BCUT2D eigenvalue weighted by Gasteiger charge is 2.24. The van der Waals surface area contributed by atoms with Crippen molar-refractivity contribution in [3.63, 3.8) is 0 Å². The average molecular weight is 328 g/mol. The minimum Gasteiger partial charge on any atom is -0.449 e. The highest BCUT2D eigenvalue weighted by molar-refractivity contribution is 6.30. The van der Waals surface area contributed by atoms with Gasteiger partial charge in [-0.15, -0.1) is 0 Å². The molecule has 1 aliphatic carbocycles. The molecule has 0 bridgehead atoms. The lowest BCUT2D eigenvalue weighted by atomic mass is 9.95. The molecule has 1 aliphatic rings. The Labute approximate surface area is 134 Å². The van der Waals surface area contributed by atoms with Crippen molar-refractivity contribution < 1.29 is 18.7 Å². The fraction of sp³-hybridized carbons (Fsp3) is 0.500. The van der Waals surface area contributed by atoms with Gasteiger partial charge in [0, 0.05) is 11.1 Å². The van der Waals surface area contributed by atoms with Crippen LogP contribution in [0.1, 0.15) is 49.4 Å². The number of hydrogen-bond donors (Lipinski definition) is 1. The van der Waals surface area contributed by atoms with Gasteiger partial charge in [-0.3, -0.25) is 4.79 Å². The third-order valence-electron chi connectivity index (χ3n) is 3.76. The number of benzene rings is 1. The third kappa shape index (κ3) is 4.44. The van der Waals surface area contributed by atoms with Gasteiger partial charge in [0.1, 0.15) is 5.82 Å². The summed E-state index contributed by atoms with van der Waals surface area (Å²) in [6.45, 7) is 1.48. The van der Waals surface area contributed by atoms with E-state index < -0.39 is 17.9 Å². The van der Waals surface area contributed by atoms with Crippen LogP contribution in [0.15, 0.2) is 18.2 Å².